The summed E-state index contributed by atoms with van der Waals surface area (Å²) >= 11 is 5.53. The Hall–Kier alpha value is -1.82. The van der Waals surface area contributed by atoms with Gasteiger partial charge in [-0.15, -0.1) is 0 Å². The van der Waals surface area contributed by atoms with E-state index in [1.165, 1.54) is 19.2 Å². The van der Waals surface area contributed by atoms with Gasteiger partial charge in [0.2, 0.25) is 0 Å². The zero-order valence-electron chi connectivity index (χ0n) is 8.91. The Morgan fingerprint density at radius 1 is 1.53 bits per heavy atom. The van der Waals surface area contributed by atoms with E-state index in [4.69, 9.17) is 16.7 Å². The van der Waals surface area contributed by atoms with Gasteiger partial charge in [-0.25, -0.2) is 9.18 Å². The molecule has 0 aliphatic heterocycles. The van der Waals surface area contributed by atoms with Crippen LogP contribution in [0.5, 0.6) is 0 Å². The Morgan fingerprint density at radius 2 is 2.18 bits per heavy atom. The van der Waals surface area contributed by atoms with Crippen LogP contribution in [0, 0.1) is 5.82 Å². The van der Waals surface area contributed by atoms with Crippen LogP contribution in [-0.4, -0.2) is 35.6 Å². The van der Waals surface area contributed by atoms with Gasteiger partial charge in [-0.2, -0.15) is 0 Å². The minimum atomic E-state index is -1.13. The first-order chi connectivity index (χ1) is 7.90. The van der Waals surface area contributed by atoms with Crippen molar-refractivity contribution >= 4 is 29.3 Å². The van der Waals surface area contributed by atoms with E-state index in [0.29, 0.717) is 5.69 Å². The molecule has 0 aromatic heterocycles. The fraction of sp³-hybridized carbons (Fsp3) is 0.200. The second kappa shape index (κ2) is 5.49. The number of carboxylic acids is 1. The predicted octanol–water partition coefficient (Wildman–Crippen LogP) is 2.03. The Morgan fingerprint density at radius 3 is 2.71 bits per heavy atom. The molecule has 1 aromatic rings. The van der Waals surface area contributed by atoms with E-state index < -0.39 is 24.4 Å². The van der Waals surface area contributed by atoms with E-state index in [0.717, 1.165) is 11.0 Å². The number of aliphatic carboxylic acids is 1. The standard InChI is InChI=1S/C10H10ClFN2O3/c1-14(5-9(15)16)10(17)13-6-2-3-8(12)7(11)4-6/h2-4H,5H2,1H3,(H,13,17)(H,15,16). The SMILES string of the molecule is CN(CC(=O)O)C(=O)Nc1ccc(F)c(Cl)c1. The number of nitrogens with one attached hydrogen (secondary N) is 1. The minimum absolute atomic E-state index is 0.122. The molecule has 0 bridgehead atoms. The number of carbonyl (C=O) groups excluding carboxylic acids is 1. The van der Waals surface area contributed by atoms with Crippen molar-refractivity contribution in [2.75, 3.05) is 18.9 Å². The quantitative estimate of drug-likeness (QED) is 0.874. The van der Waals surface area contributed by atoms with Gasteiger partial charge >= 0.3 is 12.0 Å². The monoisotopic (exact) mass is 260 g/mol. The fourth-order valence-corrected chi connectivity index (χ4v) is 1.25. The lowest BCUT2D eigenvalue weighted by atomic mass is 10.3. The molecule has 92 valence electrons. The van der Waals surface area contributed by atoms with Gasteiger partial charge < -0.3 is 15.3 Å². The van der Waals surface area contributed by atoms with E-state index in [9.17, 15) is 14.0 Å². The summed E-state index contributed by atoms with van der Waals surface area (Å²) in [5.41, 5.74) is 0.290. The van der Waals surface area contributed by atoms with E-state index in [1.54, 1.807) is 0 Å². The zero-order valence-corrected chi connectivity index (χ0v) is 9.66. The summed E-state index contributed by atoms with van der Waals surface area (Å²) < 4.78 is 12.8. The molecule has 0 fully saturated rings. The summed E-state index contributed by atoms with van der Waals surface area (Å²) in [6.45, 7) is -0.430. The van der Waals surface area contributed by atoms with Crippen LogP contribution < -0.4 is 5.32 Å². The molecular weight excluding hydrogens is 251 g/mol. The summed E-state index contributed by atoms with van der Waals surface area (Å²) in [6, 6.07) is 3.06. The number of anilines is 1. The summed E-state index contributed by atoms with van der Waals surface area (Å²) in [5.74, 6) is -1.72. The number of nitrogens with zero attached hydrogens (tertiary/aromatic N) is 1. The maximum absolute atomic E-state index is 12.8. The van der Waals surface area contributed by atoms with Crippen molar-refractivity contribution in [3.63, 3.8) is 0 Å². The van der Waals surface area contributed by atoms with Crippen LogP contribution in [0.4, 0.5) is 14.9 Å². The average molecular weight is 261 g/mol. The Bertz CT molecular complexity index is 453. The van der Waals surface area contributed by atoms with Crippen molar-refractivity contribution in [3.8, 4) is 0 Å². The largest absolute Gasteiger partial charge is 0.480 e. The van der Waals surface area contributed by atoms with Crippen molar-refractivity contribution in [2.45, 2.75) is 0 Å². The molecule has 0 saturated carbocycles. The van der Waals surface area contributed by atoms with Gasteiger partial charge in [0.05, 0.1) is 5.02 Å². The zero-order chi connectivity index (χ0) is 13.0. The number of carboxylic acid groups (broad SMARTS) is 1. The Labute approximate surface area is 102 Å². The molecule has 7 heteroatoms. The van der Waals surface area contributed by atoms with Gasteiger partial charge in [-0.05, 0) is 18.2 Å². The van der Waals surface area contributed by atoms with Gasteiger partial charge in [-0.3, -0.25) is 4.79 Å². The van der Waals surface area contributed by atoms with Crippen LogP contribution in [0.3, 0.4) is 0 Å². The molecule has 2 N–H and O–H groups in total. The smallest absolute Gasteiger partial charge is 0.323 e. The predicted molar refractivity (Wildman–Crippen MR) is 60.7 cm³/mol. The minimum Gasteiger partial charge on any atom is -0.480 e. The maximum Gasteiger partial charge on any atom is 0.323 e. The molecule has 0 heterocycles. The highest BCUT2D eigenvalue weighted by Crippen LogP contribution is 2.19. The normalized spacial score (nSPS) is 9.82. The Balaban J connectivity index is 2.67. The number of amides is 2. The van der Waals surface area contributed by atoms with Gasteiger partial charge in [0, 0.05) is 12.7 Å². The summed E-state index contributed by atoms with van der Waals surface area (Å²) in [5, 5.41) is 10.8. The van der Waals surface area contributed by atoms with Gasteiger partial charge in [0.1, 0.15) is 12.4 Å². The number of carbonyl (C=O) groups is 2. The van der Waals surface area contributed by atoms with Crippen LogP contribution in [-0.2, 0) is 4.79 Å². The summed E-state index contributed by atoms with van der Waals surface area (Å²) in [7, 11) is 1.33. The molecule has 0 saturated heterocycles. The number of urea groups is 1. The molecule has 2 amide bonds. The summed E-state index contributed by atoms with van der Waals surface area (Å²) in [6.07, 6.45) is 0. The molecule has 0 atom stereocenters. The van der Waals surface area contributed by atoms with Crippen LogP contribution in [0.15, 0.2) is 18.2 Å². The van der Waals surface area contributed by atoms with Crippen molar-refractivity contribution in [1.82, 2.24) is 4.90 Å². The van der Waals surface area contributed by atoms with Gasteiger partial charge in [0.15, 0.2) is 0 Å². The highest BCUT2D eigenvalue weighted by atomic mass is 35.5. The molecule has 5 nitrogen and oxygen atoms in total. The molecule has 17 heavy (non-hydrogen) atoms. The van der Waals surface area contributed by atoms with E-state index in [-0.39, 0.29) is 5.02 Å². The number of hydrogen-bond donors (Lipinski definition) is 2. The van der Waals surface area contributed by atoms with Gasteiger partial charge in [0.25, 0.3) is 0 Å². The molecule has 0 aliphatic rings. The first-order valence-electron chi connectivity index (χ1n) is 4.59. The molecule has 0 unspecified atom stereocenters. The van der Waals surface area contributed by atoms with Gasteiger partial charge in [-0.1, -0.05) is 11.6 Å². The highest BCUT2D eigenvalue weighted by molar-refractivity contribution is 6.31. The number of halogens is 2. The molecular formula is C10H10ClFN2O3. The molecule has 0 aliphatic carbocycles. The third-order valence-electron chi connectivity index (χ3n) is 1.89. The van der Waals surface area contributed by atoms with E-state index in [2.05, 4.69) is 5.32 Å². The number of benzene rings is 1. The number of likely N-dealkylation sites (N-methyl/N-ethyl adjacent to an activating group) is 1. The first-order valence-corrected chi connectivity index (χ1v) is 4.97. The lowest BCUT2D eigenvalue weighted by Gasteiger charge is -2.15. The lowest BCUT2D eigenvalue weighted by molar-refractivity contribution is -0.137. The third kappa shape index (κ3) is 3.92. The van der Waals surface area contributed by atoms with Crippen molar-refractivity contribution in [3.05, 3.63) is 29.0 Å². The average Bonchev–Trinajstić information content (AvgIpc) is 2.22. The topological polar surface area (TPSA) is 69.6 Å². The van der Waals surface area contributed by atoms with E-state index >= 15 is 0 Å². The lowest BCUT2D eigenvalue weighted by Crippen LogP contribution is -2.35. The summed E-state index contributed by atoms with van der Waals surface area (Å²) in [4.78, 5) is 22.8. The van der Waals surface area contributed by atoms with Crippen LogP contribution in [0.1, 0.15) is 0 Å². The van der Waals surface area contributed by atoms with Crippen molar-refractivity contribution in [1.29, 1.82) is 0 Å². The number of rotatable bonds is 3. The van der Waals surface area contributed by atoms with Crippen LogP contribution in [0.2, 0.25) is 5.02 Å². The van der Waals surface area contributed by atoms with Crippen molar-refractivity contribution in [2.24, 2.45) is 0 Å². The third-order valence-corrected chi connectivity index (χ3v) is 2.18. The van der Waals surface area contributed by atoms with Crippen LogP contribution in [0.25, 0.3) is 0 Å². The molecule has 0 spiro atoms. The first kappa shape index (κ1) is 13.2. The highest BCUT2D eigenvalue weighted by Gasteiger charge is 2.12. The maximum atomic E-state index is 12.8. The van der Waals surface area contributed by atoms with E-state index in [1.807, 2.05) is 0 Å². The Kier molecular flexibility index (Phi) is 4.28. The van der Waals surface area contributed by atoms with Crippen molar-refractivity contribution < 1.29 is 19.1 Å². The second-order valence-corrected chi connectivity index (χ2v) is 3.72. The molecule has 1 rings (SSSR count). The second-order valence-electron chi connectivity index (χ2n) is 3.31. The molecule has 0 radical (unpaired) electrons. The number of hydrogen-bond acceptors (Lipinski definition) is 2. The fourth-order valence-electron chi connectivity index (χ4n) is 1.07. The molecule has 1 aromatic carbocycles. The van der Waals surface area contributed by atoms with Crippen LogP contribution >= 0.6 is 11.6 Å².